The number of benzene rings is 1. The maximum Gasteiger partial charge on any atom is 0.308 e. The monoisotopic (exact) mass is 542 g/mol. The lowest BCUT2D eigenvalue weighted by Gasteiger charge is -2.30. The molecule has 9 nitrogen and oxygen atoms in total. The topological polar surface area (TPSA) is 116 Å². The van der Waals surface area contributed by atoms with E-state index in [1.807, 2.05) is 21.9 Å². The summed E-state index contributed by atoms with van der Waals surface area (Å²) >= 11 is 0. The number of nitrogens with zero attached hydrogens (tertiary/aromatic N) is 3. The first-order chi connectivity index (χ1) is 18.9. The molecule has 4 rings (SSSR count). The molecule has 0 spiro atoms. The van der Waals surface area contributed by atoms with Crippen molar-refractivity contribution in [3.63, 3.8) is 0 Å². The van der Waals surface area contributed by atoms with Gasteiger partial charge in [-0.15, -0.1) is 0 Å². The highest BCUT2D eigenvalue weighted by Crippen LogP contribution is 2.41. The molecule has 3 aliphatic heterocycles. The van der Waals surface area contributed by atoms with Crippen LogP contribution in [0, 0.1) is 5.92 Å². The maximum absolute atomic E-state index is 13.6. The van der Waals surface area contributed by atoms with E-state index in [1.54, 1.807) is 0 Å². The number of aliphatic carboxylic acids is 1. The van der Waals surface area contributed by atoms with Gasteiger partial charge >= 0.3 is 5.97 Å². The normalized spacial score (nSPS) is 22.8. The van der Waals surface area contributed by atoms with Gasteiger partial charge in [-0.1, -0.05) is 25.5 Å². The highest BCUT2D eigenvalue weighted by molar-refractivity contribution is 5.79. The minimum atomic E-state index is -0.820. The molecule has 39 heavy (non-hydrogen) atoms. The number of fused-ring (bicyclic) bond motifs is 1. The van der Waals surface area contributed by atoms with Crippen molar-refractivity contribution in [1.82, 2.24) is 14.7 Å². The molecule has 0 saturated carbocycles. The second-order valence-corrected chi connectivity index (χ2v) is 11.3. The number of likely N-dealkylation sites (tertiary alicyclic amines) is 2. The van der Waals surface area contributed by atoms with Gasteiger partial charge in [-0.2, -0.15) is 0 Å². The van der Waals surface area contributed by atoms with Crippen LogP contribution in [0.2, 0.25) is 0 Å². The van der Waals surface area contributed by atoms with Crippen molar-refractivity contribution in [1.29, 1.82) is 0 Å². The summed E-state index contributed by atoms with van der Waals surface area (Å²) in [5, 5.41) is 10.5. The lowest BCUT2D eigenvalue weighted by molar-refractivity contribution is -0.144. The van der Waals surface area contributed by atoms with Gasteiger partial charge < -0.3 is 25.4 Å². The molecule has 216 valence electrons. The van der Waals surface area contributed by atoms with Crippen molar-refractivity contribution in [3.05, 3.63) is 29.3 Å². The van der Waals surface area contributed by atoms with Gasteiger partial charge in [0.15, 0.2) is 0 Å². The number of carbonyl (C=O) groups is 3. The Balaban J connectivity index is 1.53. The molecular formula is C30H46N4O5. The number of hydrogen-bond acceptors (Lipinski definition) is 6. The number of hydrogen-bond donors (Lipinski definition) is 2. The van der Waals surface area contributed by atoms with Gasteiger partial charge in [-0.3, -0.25) is 19.3 Å². The second-order valence-electron chi connectivity index (χ2n) is 11.3. The fourth-order valence-corrected chi connectivity index (χ4v) is 6.49. The molecule has 2 fully saturated rings. The molecule has 3 heterocycles. The number of ether oxygens (including phenoxy) is 1. The van der Waals surface area contributed by atoms with E-state index in [-0.39, 0.29) is 30.3 Å². The number of rotatable bonds is 15. The number of carbonyl (C=O) groups excluding carboxylic acids is 2. The smallest absolute Gasteiger partial charge is 0.308 e. The van der Waals surface area contributed by atoms with Crippen molar-refractivity contribution in [3.8, 4) is 5.75 Å². The molecular weight excluding hydrogens is 496 g/mol. The van der Waals surface area contributed by atoms with E-state index in [0.29, 0.717) is 52.2 Å². The van der Waals surface area contributed by atoms with Crippen molar-refractivity contribution in [2.24, 2.45) is 11.7 Å². The van der Waals surface area contributed by atoms with Crippen LogP contribution in [0.4, 0.5) is 0 Å². The number of carboxylic acids is 1. The summed E-state index contributed by atoms with van der Waals surface area (Å²) in [6.45, 7) is 6.95. The molecule has 1 unspecified atom stereocenters. The van der Waals surface area contributed by atoms with Crippen LogP contribution in [0.5, 0.6) is 5.75 Å². The Bertz CT molecular complexity index is 1000. The van der Waals surface area contributed by atoms with E-state index in [0.717, 1.165) is 68.4 Å². The van der Waals surface area contributed by atoms with Crippen molar-refractivity contribution in [2.45, 2.75) is 76.7 Å². The van der Waals surface area contributed by atoms with E-state index in [1.165, 1.54) is 0 Å². The third-order valence-corrected chi connectivity index (χ3v) is 8.63. The van der Waals surface area contributed by atoms with Gasteiger partial charge in [0.1, 0.15) is 5.75 Å². The Hall–Kier alpha value is -2.65. The Labute approximate surface area is 232 Å². The van der Waals surface area contributed by atoms with Gasteiger partial charge in [-0.25, -0.2) is 0 Å². The van der Waals surface area contributed by atoms with Gasteiger partial charge in [0.25, 0.3) is 0 Å². The zero-order valence-corrected chi connectivity index (χ0v) is 23.5. The summed E-state index contributed by atoms with van der Waals surface area (Å²) in [7, 11) is 0. The molecule has 0 aliphatic carbocycles. The molecule has 0 aromatic heterocycles. The van der Waals surface area contributed by atoms with Gasteiger partial charge in [-0.05, 0) is 62.3 Å². The van der Waals surface area contributed by atoms with Crippen LogP contribution in [0.3, 0.4) is 0 Å². The van der Waals surface area contributed by atoms with E-state index >= 15 is 0 Å². The summed E-state index contributed by atoms with van der Waals surface area (Å²) in [5.74, 6) is -0.515. The summed E-state index contributed by atoms with van der Waals surface area (Å²) < 4.78 is 5.68. The first-order valence-corrected chi connectivity index (χ1v) is 14.9. The van der Waals surface area contributed by atoms with Crippen LogP contribution in [-0.4, -0.2) is 96.1 Å². The zero-order valence-electron chi connectivity index (χ0n) is 23.5. The quantitative estimate of drug-likeness (QED) is 0.327. The predicted molar refractivity (Wildman–Crippen MR) is 150 cm³/mol. The molecule has 0 bridgehead atoms. The average Bonchev–Trinajstić information content (AvgIpc) is 3.64. The SMILES string of the molecule is CCCCN(CCCCN)C(=O)CN1C[C@H](c2ccc3c(c2)CCO3)C(C(=O)O)[C@@H]1CCCN1CCCC1=O. The summed E-state index contributed by atoms with van der Waals surface area (Å²) in [6, 6.07) is 5.79. The number of nitrogens with two attached hydrogens (primary N) is 1. The van der Waals surface area contributed by atoms with Crippen LogP contribution in [0.25, 0.3) is 0 Å². The lowest BCUT2D eigenvalue weighted by Crippen LogP contribution is -2.45. The lowest BCUT2D eigenvalue weighted by atomic mass is 9.83. The van der Waals surface area contributed by atoms with E-state index in [2.05, 4.69) is 17.9 Å². The van der Waals surface area contributed by atoms with Crippen LogP contribution in [0.1, 0.15) is 75.3 Å². The van der Waals surface area contributed by atoms with Gasteiger partial charge in [0, 0.05) is 57.5 Å². The first-order valence-electron chi connectivity index (χ1n) is 14.9. The highest BCUT2D eigenvalue weighted by atomic mass is 16.5. The fourth-order valence-electron chi connectivity index (χ4n) is 6.49. The first kappa shape index (κ1) is 29.3. The molecule has 1 aromatic rings. The average molecular weight is 543 g/mol. The van der Waals surface area contributed by atoms with E-state index in [4.69, 9.17) is 10.5 Å². The number of amides is 2. The van der Waals surface area contributed by atoms with Crippen LogP contribution < -0.4 is 10.5 Å². The molecule has 3 aliphatic rings. The van der Waals surface area contributed by atoms with Crippen molar-refractivity contribution in [2.75, 3.05) is 52.4 Å². The number of carboxylic acid groups (broad SMARTS) is 1. The molecule has 2 amide bonds. The Morgan fingerprint density at radius 2 is 1.97 bits per heavy atom. The minimum absolute atomic E-state index is 0.0623. The standard InChI is InChI=1S/C30H46N4O5/c1-2-3-14-33(15-5-4-13-31)28(36)21-34-20-24(22-10-11-26-23(19-22)12-18-39-26)29(30(37)38)25(34)8-6-16-32-17-7-9-27(32)35/h10-11,19,24-25,29H,2-9,12-18,20-21,31H2,1H3,(H,37,38)/t24-,25+,29?/m1/s1. The summed E-state index contributed by atoms with van der Waals surface area (Å²) in [4.78, 5) is 44.4. The van der Waals surface area contributed by atoms with Crippen LogP contribution in [0.15, 0.2) is 18.2 Å². The fraction of sp³-hybridized carbons (Fsp3) is 0.700. The molecule has 0 radical (unpaired) electrons. The van der Waals surface area contributed by atoms with Crippen LogP contribution in [-0.2, 0) is 20.8 Å². The predicted octanol–water partition coefficient (Wildman–Crippen LogP) is 2.86. The van der Waals surface area contributed by atoms with Crippen LogP contribution >= 0.6 is 0 Å². The molecule has 9 heteroatoms. The van der Waals surface area contributed by atoms with Crippen molar-refractivity contribution < 1.29 is 24.2 Å². The van der Waals surface area contributed by atoms with E-state index in [9.17, 15) is 19.5 Å². The zero-order chi connectivity index (χ0) is 27.8. The van der Waals surface area contributed by atoms with E-state index < -0.39 is 11.9 Å². The summed E-state index contributed by atoms with van der Waals surface area (Å²) in [6.07, 6.45) is 7.39. The minimum Gasteiger partial charge on any atom is -0.493 e. The molecule has 1 aromatic carbocycles. The highest BCUT2D eigenvalue weighted by Gasteiger charge is 2.47. The number of unbranched alkanes of at least 4 members (excludes halogenated alkanes) is 2. The second kappa shape index (κ2) is 14.1. The molecule has 3 atom stereocenters. The molecule has 2 saturated heterocycles. The van der Waals surface area contributed by atoms with Crippen molar-refractivity contribution >= 4 is 17.8 Å². The molecule has 3 N–H and O–H groups in total. The third-order valence-electron chi connectivity index (χ3n) is 8.63. The third kappa shape index (κ3) is 7.31. The van der Waals surface area contributed by atoms with Gasteiger partial charge in [0.2, 0.25) is 11.8 Å². The maximum atomic E-state index is 13.6. The van der Waals surface area contributed by atoms with Gasteiger partial charge in [0.05, 0.1) is 19.1 Å². The summed E-state index contributed by atoms with van der Waals surface area (Å²) in [5.41, 5.74) is 7.82. The Morgan fingerprint density at radius 3 is 2.69 bits per heavy atom. The Morgan fingerprint density at radius 1 is 1.15 bits per heavy atom. The Kier molecular flexibility index (Phi) is 10.6. The largest absolute Gasteiger partial charge is 0.493 e.